The second-order valence-corrected chi connectivity index (χ2v) is 9.19. The van der Waals surface area contributed by atoms with Crippen LogP contribution in [0.5, 0.6) is 5.75 Å². The predicted molar refractivity (Wildman–Crippen MR) is 124 cm³/mol. The Balaban J connectivity index is 1.30. The molecule has 1 saturated heterocycles. The van der Waals surface area contributed by atoms with Crippen molar-refractivity contribution < 1.29 is 23.8 Å². The number of piperazine rings is 1. The summed E-state index contributed by atoms with van der Waals surface area (Å²) in [7, 11) is 0. The van der Waals surface area contributed by atoms with Gasteiger partial charge in [0, 0.05) is 49.1 Å². The van der Waals surface area contributed by atoms with Crippen LogP contribution >= 0.6 is 0 Å². The number of hydrogen-bond acceptors (Lipinski definition) is 6. The van der Waals surface area contributed by atoms with Crippen molar-refractivity contribution in [3.8, 4) is 5.75 Å². The summed E-state index contributed by atoms with van der Waals surface area (Å²) in [5.41, 5.74) is 2.53. The molecule has 2 aliphatic rings. The lowest BCUT2D eigenvalue weighted by Crippen LogP contribution is -2.50. The monoisotopic (exact) mass is 448 g/mol. The number of carbonyl (C=O) groups excluding carboxylic acids is 2. The average Bonchev–Trinajstić information content (AvgIpc) is 3.24. The third-order valence-corrected chi connectivity index (χ3v) is 6.84. The van der Waals surface area contributed by atoms with Gasteiger partial charge in [0.05, 0.1) is 5.56 Å². The molecule has 172 valence electrons. The number of rotatable bonds is 5. The SMILES string of the molecule is CC1(C)c2cc(OCCN3CCN(C(=O)CO)CC3)ccc2C(=O)c2c1oc1ccccc21. The Morgan fingerprint density at radius 1 is 1.12 bits per heavy atom. The minimum Gasteiger partial charge on any atom is -0.492 e. The number of furan rings is 1. The molecule has 1 aliphatic carbocycles. The Morgan fingerprint density at radius 2 is 1.88 bits per heavy atom. The molecule has 5 rings (SSSR count). The van der Waals surface area contributed by atoms with E-state index in [9.17, 15) is 9.59 Å². The first-order chi connectivity index (χ1) is 15.9. The van der Waals surface area contributed by atoms with Gasteiger partial charge in [-0.15, -0.1) is 0 Å². The highest BCUT2D eigenvalue weighted by atomic mass is 16.5. The molecule has 0 atom stereocenters. The molecule has 7 nitrogen and oxygen atoms in total. The van der Waals surface area contributed by atoms with Crippen LogP contribution in [-0.4, -0.2) is 72.5 Å². The largest absolute Gasteiger partial charge is 0.492 e. The molecule has 0 saturated carbocycles. The van der Waals surface area contributed by atoms with Crippen molar-refractivity contribution >= 4 is 22.7 Å². The number of carbonyl (C=O) groups is 2. The summed E-state index contributed by atoms with van der Waals surface area (Å²) in [6.45, 7) is 7.74. The molecular formula is C26H28N2O5. The Kier molecular flexibility index (Phi) is 5.46. The molecule has 7 heteroatoms. The van der Waals surface area contributed by atoms with Crippen molar-refractivity contribution in [2.45, 2.75) is 19.3 Å². The zero-order valence-corrected chi connectivity index (χ0v) is 19.0. The molecule has 1 fully saturated rings. The molecule has 0 unspecified atom stereocenters. The first kappa shape index (κ1) is 21.7. The number of amides is 1. The molecule has 1 aliphatic heterocycles. The van der Waals surface area contributed by atoms with E-state index < -0.39 is 12.0 Å². The van der Waals surface area contributed by atoms with Crippen LogP contribution in [0, 0.1) is 0 Å². The van der Waals surface area contributed by atoms with Gasteiger partial charge < -0.3 is 19.2 Å². The maximum absolute atomic E-state index is 13.3. The van der Waals surface area contributed by atoms with E-state index in [1.54, 1.807) is 4.90 Å². The highest BCUT2D eigenvalue weighted by molar-refractivity contribution is 6.19. The fourth-order valence-electron chi connectivity index (χ4n) is 4.91. The van der Waals surface area contributed by atoms with Crippen molar-refractivity contribution in [1.29, 1.82) is 0 Å². The Labute approximate surface area is 192 Å². The van der Waals surface area contributed by atoms with Crippen LogP contribution in [0.4, 0.5) is 0 Å². The van der Waals surface area contributed by atoms with Gasteiger partial charge in [-0.25, -0.2) is 0 Å². The molecule has 1 amide bonds. The number of benzene rings is 2. The lowest BCUT2D eigenvalue weighted by Gasteiger charge is -2.34. The van der Waals surface area contributed by atoms with Crippen LogP contribution in [0.1, 0.15) is 41.1 Å². The van der Waals surface area contributed by atoms with Gasteiger partial charge in [-0.05, 0) is 43.7 Å². The highest BCUT2D eigenvalue weighted by Gasteiger charge is 2.41. The Hall–Kier alpha value is -3.16. The number of aliphatic hydroxyl groups excluding tert-OH is 1. The number of ether oxygens (including phenoxy) is 1. The third-order valence-electron chi connectivity index (χ3n) is 6.84. The third kappa shape index (κ3) is 3.71. The second kappa shape index (κ2) is 8.32. The molecule has 0 bridgehead atoms. The summed E-state index contributed by atoms with van der Waals surface area (Å²) >= 11 is 0. The maximum Gasteiger partial charge on any atom is 0.248 e. The van der Waals surface area contributed by atoms with E-state index in [4.69, 9.17) is 14.3 Å². The molecule has 1 N–H and O–H groups in total. The molecule has 0 radical (unpaired) electrons. The van der Waals surface area contributed by atoms with Crippen molar-refractivity contribution in [1.82, 2.24) is 9.80 Å². The summed E-state index contributed by atoms with van der Waals surface area (Å²) in [4.78, 5) is 28.9. The number of ketones is 1. The molecule has 3 aromatic rings. The van der Waals surface area contributed by atoms with E-state index in [-0.39, 0.29) is 11.7 Å². The quantitative estimate of drug-likeness (QED) is 0.646. The van der Waals surface area contributed by atoms with Crippen LogP contribution in [0.25, 0.3) is 11.0 Å². The second-order valence-electron chi connectivity index (χ2n) is 9.19. The van der Waals surface area contributed by atoms with Crippen molar-refractivity contribution in [2.75, 3.05) is 45.9 Å². The molecular weight excluding hydrogens is 420 g/mol. The van der Waals surface area contributed by atoms with Gasteiger partial charge in [0.1, 0.15) is 30.3 Å². The summed E-state index contributed by atoms with van der Waals surface area (Å²) in [6.07, 6.45) is 0. The van der Waals surface area contributed by atoms with E-state index >= 15 is 0 Å². The summed E-state index contributed by atoms with van der Waals surface area (Å²) in [5.74, 6) is 1.20. The standard InChI is InChI=1S/C26H28N2O5/c1-26(2)20-15-17(32-14-13-27-9-11-28(12-10-27)22(30)16-29)7-8-18(20)24(31)23-19-5-3-4-6-21(19)33-25(23)26/h3-8,15,29H,9-14,16H2,1-2H3. The minimum absolute atomic E-state index is 0.00822. The Morgan fingerprint density at radius 3 is 2.64 bits per heavy atom. The van der Waals surface area contributed by atoms with Gasteiger partial charge in [-0.3, -0.25) is 14.5 Å². The van der Waals surface area contributed by atoms with Gasteiger partial charge in [-0.1, -0.05) is 18.2 Å². The van der Waals surface area contributed by atoms with Crippen LogP contribution in [0.3, 0.4) is 0 Å². The molecule has 2 heterocycles. The topological polar surface area (TPSA) is 83.2 Å². The number of fused-ring (bicyclic) bond motifs is 4. The predicted octanol–water partition coefficient (Wildman–Crippen LogP) is 2.82. The number of para-hydroxylation sites is 1. The number of nitrogens with zero attached hydrogens (tertiary/aromatic N) is 2. The van der Waals surface area contributed by atoms with E-state index in [1.165, 1.54) is 0 Å². The van der Waals surface area contributed by atoms with Crippen LogP contribution in [-0.2, 0) is 10.2 Å². The highest BCUT2D eigenvalue weighted by Crippen LogP contribution is 2.46. The Bertz CT molecular complexity index is 1220. The maximum atomic E-state index is 13.3. The zero-order valence-electron chi connectivity index (χ0n) is 19.0. The minimum atomic E-state index is -0.466. The summed E-state index contributed by atoms with van der Waals surface area (Å²) in [5, 5.41) is 9.86. The van der Waals surface area contributed by atoms with Gasteiger partial charge in [0.2, 0.25) is 5.91 Å². The van der Waals surface area contributed by atoms with Gasteiger partial charge in [-0.2, -0.15) is 0 Å². The van der Waals surface area contributed by atoms with Crippen molar-refractivity contribution in [3.05, 3.63) is 64.9 Å². The first-order valence-electron chi connectivity index (χ1n) is 11.3. The van der Waals surface area contributed by atoms with Crippen LogP contribution in [0.15, 0.2) is 46.9 Å². The summed E-state index contributed by atoms with van der Waals surface area (Å²) in [6, 6.07) is 13.4. The molecule has 0 spiro atoms. The van der Waals surface area contributed by atoms with Crippen molar-refractivity contribution in [2.24, 2.45) is 0 Å². The number of aliphatic hydroxyl groups is 1. The lowest BCUT2D eigenvalue weighted by molar-refractivity contribution is -0.135. The zero-order chi connectivity index (χ0) is 23.2. The van der Waals surface area contributed by atoms with Crippen LogP contribution in [0.2, 0.25) is 0 Å². The normalized spacial score (nSPS) is 17.7. The van der Waals surface area contributed by atoms with E-state index in [2.05, 4.69) is 18.7 Å². The first-order valence-corrected chi connectivity index (χ1v) is 11.3. The van der Waals surface area contributed by atoms with Gasteiger partial charge >= 0.3 is 0 Å². The van der Waals surface area contributed by atoms with E-state index in [1.807, 2.05) is 42.5 Å². The summed E-state index contributed by atoms with van der Waals surface area (Å²) < 4.78 is 12.2. The average molecular weight is 449 g/mol. The lowest BCUT2D eigenvalue weighted by atomic mass is 9.72. The number of hydrogen-bond donors (Lipinski definition) is 1. The molecule has 33 heavy (non-hydrogen) atoms. The van der Waals surface area contributed by atoms with Gasteiger partial charge in [0.25, 0.3) is 0 Å². The van der Waals surface area contributed by atoms with Crippen molar-refractivity contribution in [3.63, 3.8) is 0 Å². The fourth-order valence-corrected chi connectivity index (χ4v) is 4.91. The van der Waals surface area contributed by atoms with E-state index in [0.717, 1.165) is 41.9 Å². The molecule has 2 aromatic carbocycles. The van der Waals surface area contributed by atoms with Gasteiger partial charge in [0.15, 0.2) is 5.78 Å². The fraction of sp³-hybridized carbons (Fsp3) is 0.385. The van der Waals surface area contributed by atoms with E-state index in [0.29, 0.717) is 36.6 Å². The smallest absolute Gasteiger partial charge is 0.248 e. The molecule has 1 aromatic heterocycles. The van der Waals surface area contributed by atoms with Crippen LogP contribution < -0.4 is 4.74 Å².